The maximum Gasteiger partial charge on any atom is 0.227 e. The van der Waals surface area contributed by atoms with Crippen LogP contribution in [-0.4, -0.2) is 18.2 Å². The second-order valence-electron chi connectivity index (χ2n) is 5.02. The number of carbonyl (C=O) groups is 2. The lowest BCUT2D eigenvalue weighted by atomic mass is 9.84. The lowest BCUT2D eigenvalue weighted by Crippen LogP contribution is -2.37. The highest BCUT2D eigenvalue weighted by Crippen LogP contribution is 2.24. The molecule has 0 aromatic heterocycles. The van der Waals surface area contributed by atoms with E-state index in [2.05, 4.69) is 5.32 Å². The van der Waals surface area contributed by atoms with E-state index in [-0.39, 0.29) is 23.9 Å². The van der Waals surface area contributed by atoms with Crippen LogP contribution in [0, 0.1) is 5.82 Å². The number of hydrogen-bond acceptors (Lipinski definition) is 2. The van der Waals surface area contributed by atoms with Gasteiger partial charge in [0.15, 0.2) is 0 Å². The van der Waals surface area contributed by atoms with Gasteiger partial charge in [-0.1, -0.05) is 32.0 Å². The standard InChI is InChI=1S/C14H18FNO2/c1-10(17)8-13(18)16-9-14(2,3)11-6-4-5-7-12(11)15/h4-7H,8-9H2,1-3H3,(H,16,18). The van der Waals surface area contributed by atoms with Crippen molar-refractivity contribution in [3.8, 4) is 0 Å². The molecule has 0 radical (unpaired) electrons. The normalized spacial score (nSPS) is 11.1. The summed E-state index contributed by atoms with van der Waals surface area (Å²) >= 11 is 0. The predicted octanol–water partition coefficient (Wildman–Crippen LogP) is 2.20. The van der Waals surface area contributed by atoms with Gasteiger partial charge in [-0.05, 0) is 18.6 Å². The van der Waals surface area contributed by atoms with E-state index in [1.165, 1.54) is 13.0 Å². The van der Waals surface area contributed by atoms with Crippen molar-refractivity contribution in [3.63, 3.8) is 0 Å². The van der Waals surface area contributed by atoms with Gasteiger partial charge in [0, 0.05) is 12.0 Å². The molecule has 4 heteroatoms. The number of Topliss-reactive ketones (excluding diaryl/α,β-unsaturated/α-hetero) is 1. The zero-order valence-electron chi connectivity index (χ0n) is 10.9. The Balaban J connectivity index is 2.68. The van der Waals surface area contributed by atoms with Crippen LogP contribution in [0.25, 0.3) is 0 Å². The SMILES string of the molecule is CC(=O)CC(=O)NCC(C)(C)c1ccccc1F. The molecule has 3 nitrogen and oxygen atoms in total. The Kier molecular flexibility index (Phi) is 4.59. The van der Waals surface area contributed by atoms with Crippen molar-refractivity contribution in [2.45, 2.75) is 32.6 Å². The zero-order valence-corrected chi connectivity index (χ0v) is 10.9. The molecule has 18 heavy (non-hydrogen) atoms. The van der Waals surface area contributed by atoms with E-state index in [9.17, 15) is 14.0 Å². The van der Waals surface area contributed by atoms with E-state index in [1.54, 1.807) is 18.2 Å². The fraction of sp³-hybridized carbons (Fsp3) is 0.429. The maximum absolute atomic E-state index is 13.7. The molecule has 0 saturated heterocycles. The minimum absolute atomic E-state index is 0.132. The van der Waals surface area contributed by atoms with Crippen LogP contribution in [0.4, 0.5) is 4.39 Å². The monoisotopic (exact) mass is 251 g/mol. The van der Waals surface area contributed by atoms with Crippen molar-refractivity contribution in [1.82, 2.24) is 5.32 Å². The highest BCUT2D eigenvalue weighted by molar-refractivity contribution is 5.96. The van der Waals surface area contributed by atoms with E-state index in [4.69, 9.17) is 0 Å². The molecule has 1 N–H and O–H groups in total. The molecule has 1 aromatic rings. The van der Waals surface area contributed by atoms with E-state index in [0.29, 0.717) is 12.1 Å². The van der Waals surface area contributed by atoms with Gasteiger partial charge in [-0.3, -0.25) is 9.59 Å². The first-order valence-corrected chi connectivity index (χ1v) is 5.84. The largest absolute Gasteiger partial charge is 0.355 e. The van der Waals surface area contributed by atoms with Crippen molar-refractivity contribution in [1.29, 1.82) is 0 Å². The van der Waals surface area contributed by atoms with Crippen molar-refractivity contribution < 1.29 is 14.0 Å². The van der Waals surface area contributed by atoms with Gasteiger partial charge in [0.2, 0.25) is 5.91 Å². The second-order valence-corrected chi connectivity index (χ2v) is 5.02. The van der Waals surface area contributed by atoms with E-state index < -0.39 is 5.41 Å². The molecule has 1 aromatic carbocycles. The Labute approximate surface area is 106 Å². The number of nitrogens with one attached hydrogen (secondary N) is 1. The fourth-order valence-corrected chi connectivity index (χ4v) is 1.71. The summed E-state index contributed by atoms with van der Waals surface area (Å²) in [5.74, 6) is -0.800. The van der Waals surface area contributed by atoms with Crippen LogP contribution < -0.4 is 5.32 Å². The Morgan fingerprint density at radius 3 is 2.44 bits per heavy atom. The molecule has 0 fully saturated rings. The molecule has 0 unspecified atom stereocenters. The van der Waals surface area contributed by atoms with Crippen LogP contribution in [-0.2, 0) is 15.0 Å². The minimum Gasteiger partial charge on any atom is -0.355 e. The first kappa shape index (κ1) is 14.4. The average molecular weight is 251 g/mol. The predicted molar refractivity (Wildman–Crippen MR) is 67.7 cm³/mol. The lowest BCUT2D eigenvalue weighted by molar-refractivity contribution is -0.127. The van der Waals surface area contributed by atoms with Crippen molar-refractivity contribution in [2.75, 3.05) is 6.54 Å². The Bertz CT molecular complexity index is 455. The van der Waals surface area contributed by atoms with Gasteiger partial charge in [-0.15, -0.1) is 0 Å². The second kappa shape index (κ2) is 5.76. The van der Waals surface area contributed by atoms with Gasteiger partial charge in [0.1, 0.15) is 11.6 Å². The van der Waals surface area contributed by atoms with Gasteiger partial charge < -0.3 is 5.32 Å². The van der Waals surface area contributed by atoms with E-state index in [0.717, 1.165) is 0 Å². The lowest BCUT2D eigenvalue weighted by Gasteiger charge is -2.26. The van der Waals surface area contributed by atoms with E-state index in [1.807, 2.05) is 13.8 Å². The molecular formula is C14H18FNO2. The third-order valence-electron chi connectivity index (χ3n) is 2.74. The molecule has 0 atom stereocenters. The average Bonchev–Trinajstić information content (AvgIpc) is 2.26. The van der Waals surface area contributed by atoms with Gasteiger partial charge >= 0.3 is 0 Å². The van der Waals surface area contributed by atoms with Gasteiger partial charge in [-0.2, -0.15) is 0 Å². The molecule has 0 aliphatic carbocycles. The molecule has 98 valence electrons. The highest BCUT2D eigenvalue weighted by Gasteiger charge is 2.24. The van der Waals surface area contributed by atoms with Crippen LogP contribution in [0.3, 0.4) is 0 Å². The number of halogens is 1. The Morgan fingerprint density at radius 1 is 1.28 bits per heavy atom. The molecule has 0 saturated carbocycles. The minimum atomic E-state index is -0.516. The Hall–Kier alpha value is -1.71. The number of carbonyl (C=O) groups excluding carboxylic acids is 2. The van der Waals surface area contributed by atoms with Crippen molar-refractivity contribution in [3.05, 3.63) is 35.6 Å². The highest BCUT2D eigenvalue weighted by atomic mass is 19.1. The zero-order chi connectivity index (χ0) is 13.8. The first-order chi connectivity index (χ1) is 8.33. The van der Waals surface area contributed by atoms with E-state index >= 15 is 0 Å². The molecule has 0 heterocycles. The number of benzene rings is 1. The number of hydrogen-bond donors (Lipinski definition) is 1. The van der Waals surface area contributed by atoms with Crippen LogP contribution in [0.15, 0.2) is 24.3 Å². The molecule has 1 amide bonds. The van der Waals surface area contributed by atoms with Crippen LogP contribution in [0.5, 0.6) is 0 Å². The summed E-state index contributed by atoms with van der Waals surface area (Å²) < 4.78 is 13.7. The molecule has 0 aliphatic rings. The third-order valence-corrected chi connectivity index (χ3v) is 2.74. The summed E-state index contributed by atoms with van der Waals surface area (Å²) in [6, 6.07) is 6.49. The number of ketones is 1. The van der Waals surface area contributed by atoms with Crippen LogP contribution in [0.2, 0.25) is 0 Å². The van der Waals surface area contributed by atoms with Gasteiger partial charge in [0.05, 0.1) is 6.42 Å². The van der Waals surface area contributed by atoms with Crippen molar-refractivity contribution in [2.24, 2.45) is 0 Å². The van der Waals surface area contributed by atoms with Crippen molar-refractivity contribution >= 4 is 11.7 Å². The topological polar surface area (TPSA) is 46.2 Å². The molecular weight excluding hydrogens is 233 g/mol. The molecule has 0 bridgehead atoms. The van der Waals surface area contributed by atoms with Crippen LogP contribution in [0.1, 0.15) is 32.8 Å². The third kappa shape index (κ3) is 3.95. The number of amides is 1. The van der Waals surface area contributed by atoms with Crippen LogP contribution >= 0.6 is 0 Å². The fourth-order valence-electron chi connectivity index (χ4n) is 1.71. The number of rotatable bonds is 5. The van der Waals surface area contributed by atoms with Gasteiger partial charge in [-0.25, -0.2) is 4.39 Å². The van der Waals surface area contributed by atoms with Gasteiger partial charge in [0.25, 0.3) is 0 Å². The molecule has 0 spiro atoms. The first-order valence-electron chi connectivity index (χ1n) is 5.84. The summed E-state index contributed by atoms with van der Waals surface area (Å²) in [5, 5.41) is 2.65. The summed E-state index contributed by atoms with van der Waals surface area (Å²) in [5.41, 5.74) is 0.0331. The quantitative estimate of drug-likeness (QED) is 0.815. The molecule has 1 rings (SSSR count). The summed E-state index contributed by atoms with van der Waals surface area (Å²) in [4.78, 5) is 22.2. The summed E-state index contributed by atoms with van der Waals surface area (Å²) in [6.45, 7) is 5.35. The maximum atomic E-state index is 13.7. The summed E-state index contributed by atoms with van der Waals surface area (Å²) in [6.07, 6.45) is -0.132. The summed E-state index contributed by atoms with van der Waals surface area (Å²) in [7, 11) is 0. The smallest absolute Gasteiger partial charge is 0.227 e. The Morgan fingerprint density at radius 2 is 1.89 bits per heavy atom. The molecule has 0 aliphatic heterocycles.